The van der Waals surface area contributed by atoms with E-state index < -0.39 is 41.4 Å². The van der Waals surface area contributed by atoms with Crippen molar-refractivity contribution in [1.82, 2.24) is 5.32 Å². The van der Waals surface area contributed by atoms with Crippen LogP contribution in [0.5, 0.6) is 0 Å². The Labute approximate surface area is 154 Å². The van der Waals surface area contributed by atoms with Crippen LogP contribution >= 0.6 is 0 Å². The average molecular weight is 372 g/mol. The van der Waals surface area contributed by atoms with Gasteiger partial charge in [-0.15, -0.1) is 0 Å². The molecule has 4 N–H and O–H groups in total. The summed E-state index contributed by atoms with van der Waals surface area (Å²) in [7, 11) is 0. The van der Waals surface area contributed by atoms with Crippen LogP contribution in [0.15, 0.2) is 0 Å². The van der Waals surface area contributed by atoms with E-state index in [-0.39, 0.29) is 31.0 Å². The summed E-state index contributed by atoms with van der Waals surface area (Å²) >= 11 is 0. The lowest BCUT2D eigenvalue weighted by atomic mass is 9.87. The molecule has 0 bridgehead atoms. The Morgan fingerprint density at radius 3 is 2.08 bits per heavy atom. The van der Waals surface area contributed by atoms with Gasteiger partial charge in [0.2, 0.25) is 5.91 Å². The molecule has 0 aliphatic carbocycles. The first-order valence-corrected chi connectivity index (χ1v) is 8.78. The quantitative estimate of drug-likeness (QED) is 0.491. The third-order valence-electron chi connectivity index (χ3n) is 3.78. The maximum absolute atomic E-state index is 12.3. The zero-order chi connectivity index (χ0) is 20.7. The molecule has 0 rings (SSSR count). The van der Waals surface area contributed by atoms with Gasteiger partial charge >= 0.3 is 11.9 Å². The number of hydrogen-bond donors (Lipinski definition) is 3. The average Bonchev–Trinajstić information content (AvgIpc) is 2.47. The number of ether oxygens (including phenoxy) is 1. The molecule has 26 heavy (non-hydrogen) atoms. The Balaban J connectivity index is 4.68. The van der Waals surface area contributed by atoms with Gasteiger partial charge in [-0.2, -0.15) is 0 Å². The first-order valence-electron chi connectivity index (χ1n) is 8.78. The summed E-state index contributed by atoms with van der Waals surface area (Å²) < 4.78 is 5.17. The Kier molecular flexibility index (Phi) is 9.48. The molecule has 0 aliphatic heterocycles. The van der Waals surface area contributed by atoms with Crippen molar-refractivity contribution in [2.75, 3.05) is 0 Å². The fourth-order valence-electron chi connectivity index (χ4n) is 2.21. The molecule has 8 heteroatoms. The van der Waals surface area contributed by atoms with Crippen molar-refractivity contribution < 1.29 is 29.0 Å². The van der Waals surface area contributed by atoms with E-state index in [4.69, 9.17) is 15.6 Å². The summed E-state index contributed by atoms with van der Waals surface area (Å²) in [5.74, 6) is -3.28. The molecule has 0 spiro atoms. The predicted molar refractivity (Wildman–Crippen MR) is 96.2 cm³/mol. The van der Waals surface area contributed by atoms with Crippen LogP contribution in [0.4, 0.5) is 0 Å². The topological polar surface area (TPSA) is 136 Å². The first-order chi connectivity index (χ1) is 11.7. The third kappa shape index (κ3) is 9.50. The van der Waals surface area contributed by atoms with Gasteiger partial charge in [-0.05, 0) is 40.0 Å². The van der Waals surface area contributed by atoms with Gasteiger partial charge in [0.25, 0.3) is 0 Å². The number of amides is 1. The Morgan fingerprint density at radius 2 is 1.65 bits per heavy atom. The molecule has 150 valence electrons. The van der Waals surface area contributed by atoms with Crippen molar-refractivity contribution in [2.45, 2.75) is 78.5 Å². The van der Waals surface area contributed by atoms with Gasteiger partial charge in [0.1, 0.15) is 17.4 Å². The number of ketones is 1. The minimum atomic E-state index is -1.15. The molecule has 0 aromatic heterocycles. The van der Waals surface area contributed by atoms with E-state index in [0.717, 1.165) is 0 Å². The number of carboxylic acid groups (broad SMARTS) is 1. The van der Waals surface area contributed by atoms with Crippen LogP contribution in [-0.4, -0.2) is 46.4 Å². The van der Waals surface area contributed by atoms with Gasteiger partial charge in [-0.3, -0.25) is 19.2 Å². The largest absolute Gasteiger partial charge is 0.480 e. The smallest absolute Gasteiger partial charge is 0.325 e. The van der Waals surface area contributed by atoms with Crippen molar-refractivity contribution >= 4 is 23.6 Å². The normalized spacial score (nSPS) is 15.1. The highest BCUT2D eigenvalue weighted by molar-refractivity contribution is 5.91. The number of carbonyl (C=O) groups is 4. The standard InChI is InChI=1S/C18H32N2O6/c1-10(2)12(16(23)20-11(3)17(24)25)9-14(21)13(19)7-8-15(22)26-18(4,5)6/h10-13H,7-9,19H2,1-6H3,(H,20,23)(H,24,25)/t11-,12?,13-/m0/s1. The molecule has 0 heterocycles. The second-order valence-electron chi connectivity index (χ2n) is 7.82. The molecule has 1 amide bonds. The number of hydrogen-bond acceptors (Lipinski definition) is 6. The lowest BCUT2D eigenvalue weighted by Crippen LogP contribution is -2.44. The number of carbonyl (C=O) groups excluding carboxylic acids is 3. The summed E-state index contributed by atoms with van der Waals surface area (Å²) in [6.45, 7) is 10.1. The maximum atomic E-state index is 12.3. The Hall–Kier alpha value is -1.96. The van der Waals surface area contributed by atoms with Gasteiger partial charge < -0.3 is 20.9 Å². The zero-order valence-corrected chi connectivity index (χ0v) is 16.5. The van der Waals surface area contributed by atoms with E-state index in [9.17, 15) is 19.2 Å². The van der Waals surface area contributed by atoms with Crippen molar-refractivity contribution in [3.05, 3.63) is 0 Å². The molecular formula is C18H32N2O6. The van der Waals surface area contributed by atoms with Gasteiger partial charge in [-0.25, -0.2) is 0 Å². The van der Waals surface area contributed by atoms with Crippen molar-refractivity contribution in [3.8, 4) is 0 Å². The number of carboxylic acids is 1. The molecule has 0 aromatic rings. The lowest BCUT2D eigenvalue weighted by Gasteiger charge is -2.23. The number of nitrogens with two attached hydrogens (primary N) is 1. The number of Topliss-reactive ketones (excluding diaryl/α,β-unsaturated/α-hetero) is 1. The summed E-state index contributed by atoms with van der Waals surface area (Å²) in [6.07, 6.45) is 0.0375. The van der Waals surface area contributed by atoms with Crippen LogP contribution < -0.4 is 11.1 Å². The van der Waals surface area contributed by atoms with E-state index in [1.165, 1.54) is 6.92 Å². The van der Waals surface area contributed by atoms with Crippen LogP contribution in [0, 0.1) is 11.8 Å². The fraction of sp³-hybridized carbons (Fsp3) is 0.778. The maximum Gasteiger partial charge on any atom is 0.325 e. The van der Waals surface area contributed by atoms with Crippen LogP contribution in [0.25, 0.3) is 0 Å². The zero-order valence-electron chi connectivity index (χ0n) is 16.5. The van der Waals surface area contributed by atoms with Crippen molar-refractivity contribution in [1.29, 1.82) is 0 Å². The highest BCUT2D eigenvalue weighted by Crippen LogP contribution is 2.18. The molecule has 0 aromatic carbocycles. The molecule has 1 unspecified atom stereocenters. The number of nitrogens with one attached hydrogen (secondary N) is 1. The number of esters is 1. The highest BCUT2D eigenvalue weighted by Gasteiger charge is 2.29. The molecule has 0 saturated carbocycles. The van der Waals surface area contributed by atoms with Crippen LogP contribution in [-0.2, 0) is 23.9 Å². The van der Waals surface area contributed by atoms with Gasteiger partial charge in [-0.1, -0.05) is 13.8 Å². The van der Waals surface area contributed by atoms with E-state index in [2.05, 4.69) is 5.32 Å². The minimum Gasteiger partial charge on any atom is -0.480 e. The second-order valence-corrected chi connectivity index (χ2v) is 7.82. The summed E-state index contributed by atoms with van der Waals surface area (Å²) in [4.78, 5) is 47.1. The summed E-state index contributed by atoms with van der Waals surface area (Å²) in [5, 5.41) is 11.3. The van der Waals surface area contributed by atoms with Gasteiger partial charge in [0.05, 0.1) is 6.04 Å². The molecule has 8 nitrogen and oxygen atoms in total. The van der Waals surface area contributed by atoms with Crippen molar-refractivity contribution in [3.63, 3.8) is 0 Å². The number of aliphatic carboxylic acids is 1. The van der Waals surface area contributed by atoms with E-state index in [0.29, 0.717) is 0 Å². The van der Waals surface area contributed by atoms with Crippen LogP contribution in [0.3, 0.4) is 0 Å². The van der Waals surface area contributed by atoms with E-state index >= 15 is 0 Å². The van der Waals surface area contributed by atoms with Crippen LogP contribution in [0.2, 0.25) is 0 Å². The molecular weight excluding hydrogens is 340 g/mol. The van der Waals surface area contributed by atoms with Gasteiger partial charge in [0, 0.05) is 18.8 Å². The lowest BCUT2D eigenvalue weighted by molar-refractivity contribution is -0.155. The predicted octanol–water partition coefficient (Wildman–Crippen LogP) is 1.26. The number of rotatable bonds is 10. The molecule has 0 radical (unpaired) electrons. The van der Waals surface area contributed by atoms with Gasteiger partial charge in [0.15, 0.2) is 0 Å². The Morgan fingerprint density at radius 1 is 1.12 bits per heavy atom. The molecule has 0 fully saturated rings. The van der Waals surface area contributed by atoms with E-state index in [1.807, 2.05) is 0 Å². The highest BCUT2D eigenvalue weighted by atomic mass is 16.6. The first kappa shape index (κ1) is 24.0. The molecule has 3 atom stereocenters. The summed E-state index contributed by atoms with van der Waals surface area (Å²) in [5.41, 5.74) is 5.24. The van der Waals surface area contributed by atoms with E-state index in [1.54, 1.807) is 34.6 Å². The molecule has 0 aliphatic rings. The third-order valence-corrected chi connectivity index (χ3v) is 3.78. The monoisotopic (exact) mass is 372 g/mol. The SMILES string of the molecule is CC(C)C(CC(=O)[C@@H](N)CCC(=O)OC(C)(C)C)C(=O)N[C@@H](C)C(=O)O. The second kappa shape index (κ2) is 10.3. The van der Waals surface area contributed by atoms with Crippen molar-refractivity contribution in [2.24, 2.45) is 17.6 Å². The van der Waals surface area contributed by atoms with Crippen LogP contribution in [0.1, 0.15) is 60.8 Å². The Bertz CT molecular complexity index is 524. The fourth-order valence-corrected chi connectivity index (χ4v) is 2.21. The molecule has 0 saturated heterocycles. The minimum absolute atomic E-state index is 0.0127. The summed E-state index contributed by atoms with van der Waals surface area (Å²) in [6, 6.07) is -1.92.